The summed E-state index contributed by atoms with van der Waals surface area (Å²) in [5.74, 6) is -4.61. The minimum Gasteiger partial charge on any atom is -0.395 e. The fourth-order valence-corrected chi connectivity index (χ4v) is 1.54. The molecule has 7 heteroatoms. The van der Waals surface area contributed by atoms with E-state index in [4.69, 9.17) is 9.84 Å². The molecule has 0 saturated heterocycles. The topological polar surface area (TPSA) is 49.8 Å². The lowest BCUT2D eigenvalue weighted by molar-refractivity contribution is 0.0647. The summed E-state index contributed by atoms with van der Waals surface area (Å²) in [6.07, 6.45) is 0. The molecule has 1 rings (SSSR count). The maximum atomic E-state index is 13.5. The van der Waals surface area contributed by atoms with E-state index in [1.807, 2.05) is 0 Å². The minimum absolute atomic E-state index is 0.0617. The van der Waals surface area contributed by atoms with Gasteiger partial charge in [-0.1, -0.05) is 0 Å². The van der Waals surface area contributed by atoms with Gasteiger partial charge in [-0.15, -0.1) is 0 Å². The first-order chi connectivity index (χ1) is 9.01. The minimum atomic E-state index is -1.28. The van der Waals surface area contributed by atoms with Crippen molar-refractivity contribution in [2.75, 3.05) is 33.4 Å². The Morgan fingerprint density at radius 2 is 1.84 bits per heavy atom. The van der Waals surface area contributed by atoms with E-state index in [-0.39, 0.29) is 26.3 Å². The largest absolute Gasteiger partial charge is 0.395 e. The van der Waals surface area contributed by atoms with Crippen LogP contribution in [-0.4, -0.2) is 49.3 Å². The van der Waals surface area contributed by atoms with Gasteiger partial charge in [-0.05, 0) is 0 Å². The van der Waals surface area contributed by atoms with Crippen LogP contribution in [0.15, 0.2) is 12.1 Å². The molecule has 19 heavy (non-hydrogen) atoms. The molecule has 106 valence electrons. The van der Waals surface area contributed by atoms with Gasteiger partial charge in [-0.25, -0.2) is 13.2 Å². The number of nitrogens with zero attached hydrogens (tertiary/aromatic N) is 1. The Morgan fingerprint density at radius 1 is 1.26 bits per heavy atom. The number of aliphatic hydroxyl groups is 1. The number of benzene rings is 1. The van der Waals surface area contributed by atoms with Crippen LogP contribution in [0.5, 0.6) is 0 Å². The number of hydrogen-bond donors (Lipinski definition) is 1. The summed E-state index contributed by atoms with van der Waals surface area (Å²) in [4.78, 5) is 13.0. The van der Waals surface area contributed by atoms with Crippen LogP contribution in [0.4, 0.5) is 13.2 Å². The molecular formula is C12H14F3NO3. The van der Waals surface area contributed by atoms with Crippen molar-refractivity contribution in [1.82, 2.24) is 4.90 Å². The van der Waals surface area contributed by atoms with Crippen LogP contribution >= 0.6 is 0 Å². The number of carbonyl (C=O) groups excluding carboxylic acids is 1. The molecule has 0 spiro atoms. The Hall–Kier alpha value is -1.60. The molecule has 0 atom stereocenters. The lowest BCUT2D eigenvalue weighted by atomic mass is 10.1. The van der Waals surface area contributed by atoms with E-state index in [1.165, 1.54) is 7.11 Å². The lowest BCUT2D eigenvalue weighted by Gasteiger charge is -2.21. The van der Waals surface area contributed by atoms with Crippen LogP contribution in [-0.2, 0) is 4.74 Å². The number of carbonyl (C=O) groups is 1. The Kier molecular flexibility index (Phi) is 5.78. The van der Waals surface area contributed by atoms with Gasteiger partial charge in [0, 0.05) is 32.3 Å². The van der Waals surface area contributed by atoms with Crippen molar-refractivity contribution >= 4 is 5.91 Å². The van der Waals surface area contributed by atoms with Gasteiger partial charge < -0.3 is 14.7 Å². The van der Waals surface area contributed by atoms with Crippen molar-refractivity contribution in [3.8, 4) is 0 Å². The molecule has 1 aromatic rings. The van der Waals surface area contributed by atoms with Gasteiger partial charge in [-0.2, -0.15) is 0 Å². The van der Waals surface area contributed by atoms with E-state index in [0.29, 0.717) is 12.1 Å². The Labute approximate surface area is 108 Å². The quantitative estimate of drug-likeness (QED) is 0.849. The predicted molar refractivity (Wildman–Crippen MR) is 61.2 cm³/mol. The highest BCUT2D eigenvalue weighted by molar-refractivity contribution is 5.94. The highest BCUT2D eigenvalue weighted by Crippen LogP contribution is 2.16. The van der Waals surface area contributed by atoms with E-state index >= 15 is 0 Å². The molecule has 0 unspecified atom stereocenters. The van der Waals surface area contributed by atoms with Gasteiger partial charge in [0.25, 0.3) is 5.91 Å². The third-order valence-electron chi connectivity index (χ3n) is 2.44. The molecule has 0 radical (unpaired) electrons. The van der Waals surface area contributed by atoms with Gasteiger partial charge in [-0.3, -0.25) is 4.79 Å². The summed E-state index contributed by atoms with van der Waals surface area (Å²) in [7, 11) is 1.40. The second kappa shape index (κ2) is 7.10. The van der Waals surface area contributed by atoms with Gasteiger partial charge in [0.05, 0.1) is 13.2 Å². The molecule has 1 amide bonds. The number of rotatable bonds is 6. The van der Waals surface area contributed by atoms with Crippen molar-refractivity contribution in [3.05, 3.63) is 35.1 Å². The normalized spacial score (nSPS) is 10.6. The standard InChI is InChI=1S/C12H14F3NO3/c1-19-5-3-16(2-4-17)12(18)11-9(14)6-8(13)7-10(11)15/h6-7,17H,2-5H2,1H3. The summed E-state index contributed by atoms with van der Waals surface area (Å²) in [5, 5.41) is 8.83. The number of aliphatic hydroxyl groups excluding tert-OH is 1. The molecule has 0 saturated carbocycles. The molecule has 0 aliphatic heterocycles. The van der Waals surface area contributed by atoms with Crippen molar-refractivity contribution in [2.45, 2.75) is 0 Å². The lowest BCUT2D eigenvalue weighted by Crippen LogP contribution is -2.37. The Morgan fingerprint density at radius 3 is 2.32 bits per heavy atom. The van der Waals surface area contributed by atoms with Crippen LogP contribution in [0.25, 0.3) is 0 Å². The fraction of sp³-hybridized carbons (Fsp3) is 0.417. The van der Waals surface area contributed by atoms with E-state index < -0.39 is 28.9 Å². The van der Waals surface area contributed by atoms with E-state index in [2.05, 4.69) is 0 Å². The molecule has 0 fully saturated rings. The van der Waals surface area contributed by atoms with Crippen LogP contribution in [0.1, 0.15) is 10.4 Å². The Bertz CT molecular complexity index is 431. The average Bonchev–Trinajstić information content (AvgIpc) is 2.33. The third-order valence-corrected chi connectivity index (χ3v) is 2.44. The first-order valence-corrected chi connectivity index (χ1v) is 5.54. The molecule has 4 nitrogen and oxygen atoms in total. The van der Waals surface area contributed by atoms with Gasteiger partial charge in [0.2, 0.25) is 0 Å². The summed E-state index contributed by atoms with van der Waals surface area (Å²) < 4.78 is 44.4. The molecule has 1 aromatic carbocycles. The predicted octanol–water partition coefficient (Wildman–Crippen LogP) is 1.18. The van der Waals surface area contributed by atoms with Crippen LogP contribution < -0.4 is 0 Å². The van der Waals surface area contributed by atoms with Crippen LogP contribution in [0.2, 0.25) is 0 Å². The van der Waals surface area contributed by atoms with Crippen LogP contribution in [0.3, 0.4) is 0 Å². The number of methoxy groups -OCH3 is 1. The summed E-state index contributed by atoms with van der Waals surface area (Å²) in [6, 6.07) is 0.869. The van der Waals surface area contributed by atoms with Crippen molar-refractivity contribution in [3.63, 3.8) is 0 Å². The summed E-state index contributed by atoms with van der Waals surface area (Å²) in [5.41, 5.74) is -0.842. The number of ether oxygens (including phenoxy) is 1. The number of hydrogen-bond acceptors (Lipinski definition) is 3. The zero-order chi connectivity index (χ0) is 14.4. The average molecular weight is 277 g/mol. The van der Waals surface area contributed by atoms with Gasteiger partial charge in [0.15, 0.2) is 0 Å². The molecule has 0 heterocycles. The zero-order valence-electron chi connectivity index (χ0n) is 10.3. The maximum absolute atomic E-state index is 13.5. The first-order valence-electron chi connectivity index (χ1n) is 5.54. The molecule has 0 aliphatic carbocycles. The third kappa shape index (κ3) is 3.93. The second-order valence-electron chi connectivity index (χ2n) is 3.75. The highest BCUT2D eigenvalue weighted by atomic mass is 19.1. The Balaban J connectivity index is 3.02. The molecule has 0 aromatic heterocycles. The van der Waals surface area contributed by atoms with Crippen molar-refractivity contribution in [1.29, 1.82) is 0 Å². The number of amides is 1. The number of halogens is 3. The monoisotopic (exact) mass is 277 g/mol. The van der Waals surface area contributed by atoms with E-state index in [1.54, 1.807) is 0 Å². The smallest absolute Gasteiger partial charge is 0.259 e. The van der Waals surface area contributed by atoms with E-state index in [0.717, 1.165) is 4.90 Å². The SMILES string of the molecule is COCCN(CCO)C(=O)c1c(F)cc(F)cc1F. The van der Waals surface area contributed by atoms with Gasteiger partial charge in [0.1, 0.15) is 23.0 Å². The summed E-state index contributed by atoms with van der Waals surface area (Å²) in [6.45, 7) is -0.249. The van der Waals surface area contributed by atoms with Gasteiger partial charge >= 0.3 is 0 Å². The summed E-state index contributed by atoms with van der Waals surface area (Å²) >= 11 is 0. The van der Waals surface area contributed by atoms with Crippen molar-refractivity contribution < 1.29 is 27.8 Å². The zero-order valence-corrected chi connectivity index (χ0v) is 10.3. The molecule has 0 aliphatic rings. The highest BCUT2D eigenvalue weighted by Gasteiger charge is 2.23. The first kappa shape index (κ1) is 15.5. The van der Waals surface area contributed by atoms with Crippen molar-refractivity contribution in [2.24, 2.45) is 0 Å². The fourth-order valence-electron chi connectivity index (χ4n) is 1.54. The second-order valence-corrected chi connectivity index (χ2v) is 3.75. The van der Waals surface area contributed by atoms with Crippen LogP contribution in [0, 0.1) is 17.5 Å². The van der Waals surface area contributed by atoms with E-state index in [9.17, 15) is 18.0 Å². The molecule has 1 N–H and O–H groups in total. The molecule has 0 bridgehead atoms. The maximum Gasteiger partial charge on any atom is 0.259 e. The molecular weight excluding hydrogens is 263 g/mol.